The second kappa shape index (κ2) is 7.25. The number of aromatic nitrogens is 3. The van der Waals surface area contributed by atoms with Gasteiger partial charge in [-0.3, -0.25) is 14.7 Å². The molecular formula is C21H18F2N6O. The number of carbonyl (C=O) groups is 1. The predicted octanol–water partition coefficient (Wildman–Crippen LogP) is 2.49. The van der Waals surface area contributed by atoms with Gasteiger partial charge in [0.1, 0.15) is 18.3 Å². The van der Waals surface area contributed by atoms with Crippen LogP contribution in [-0.2, 0) is 17.0 Å². The Bertz CT molecular complexity index is 1160. The fourth-order valence-electron chi connectivity index (χ4n) is 3.45. The van der Waals surface area contributed by atoms with Gasteiger partial charge in [0.05, 0.1) is 0 Å². The second-order valence-corrected chi connectivity index (χ2v) is 6.97. The van der Waals surface area contributed by atoms with E-state index in [4.69, 9.17) is 5.73 Å². The highest BCUT2D eigenvalue weighted by molar-refractivity contribution is 6.09. The molecule has 7 nitrogen and oxygen atoms in total. The summed E-state index contributed by atoms with van der Waals surface area (Å²) in [5.41, 5.74) is 6.00. The maximum atomic E-state index is 14.7. The van der Waals surface area contributed by atoms with Crippen LogP contribution in [0.2, 0.25) is 0 Å². The van der Waals surface area contributed by atoms with Crippen LogP contribution in [0.5, 0.6) is 0 Å². The molecule has 0 aliphatic carbocycles. The molecule has 2 N–H and O–H groups in total. The van der Waals surface area contributed by atoms with E-state index in [9.17, 15) is 13.6 Å². The third kappa shape index (κ3) is 2.99. The molecule has 2 aromatic heterocycles. The molecule has 1 atom stereocenters. The number of hydrogen-bond acceptors (Lipinski definition) is 6. The lowest BCUT2D eigenvalue weighted by molar-refractivity contribution is -0.129. The maximum Gasteiger partial charge on any atom is 0.266 e. The molecule has 1 aromatic carbocycles. The third-order valence-electron chi connectivity index (χ3n) is 5.08. The van der Waals surface area contributed by atoms with Crippen LogP contribution < -0.4 is 5.73 Å². The van der Waals surface area contributed by atoms with Crippen molar-refractivity contribution in [3.8, 4) is 11.1 Å². The van der Waals surface area contributed by atoms with Crippen molar-refractivity contribution in [1.82, 2.24) is 19.9 Å². The van der Waals surface area contributed by atoms with E-state index in [1.54, 1.807) is 6.92 Å². The van der Waals surface area contributed by atoms with Gasteiger partial charge in [-0.05, 0) is 30.7 Å². The molecule has 1 aliphatic heterocycles. The Morgan fingerprint density at radius 3 is 2.47 bits per heavy atom. The summed E-state index contributed by atoms with van der Waals surface area (Å²) >= 11 is 0. The number of amides is 1. The summed E-state index contributed by atoms with van der Waals surface area (Å²) in [7, 11) is 1.49. The van der Waals surface area contributed by atoms with Crippen LogP contribution in [0.15, 0.2) is 54.0 Å². The number of hydrogen-bond donors (Lipinski definition) is 1. The average molecular weight is 408 g/mol. The number of rotatable bonds is 4. The molecule has 1 unspecified atom stereocenters. The summed E-state index contributed by atoms with van der Waals surface area (Å²) in [6.45, 7) is 0.969. The minimum Gasteiger partial charge on any atom is -0.369 e. The summed E-state index contributed by atoms with van der Waals surface area (Å²) in [5.74, 6) is -0.413. The Kier molecular flexibility index (Phi) is 4.73. The van der Waals surface area contributed by atoms with Crippen molar-refractivity contribution in [2.75, 3.05) is 7.05 Å². The number of nitrogens with two attached hydrogens (primary N) is 1. The quantitative estimate of drug-likeness (QED) is 0.715. The summed E-state index contributed by atoms with van der Waals surface area (Å²) in [6.07, 6.45) is 5.81. The number of benzene rings is 1. The number of pyridine rings is 1. The van der Waals surface area contributed by atoms with E-state index in [0.29, 0.717) is 22.5 Å². The van der Waals surface area contributed by atoms with Gasteiger partial charge in [-0.25, -0.2) is 23.7 Å². The molecule has 0 radical (unpaired) electrons. The van der Waals surface area contributed by atoms with E-state index in [1.807, 2.05) is 0 Å². The van der Waals surface area contributed by atoms with Crippen molar-refractivity contribution >= 4 is 11.9 Å². The van der Waals surface area contributed by atoms with Crippen LogP contribution in [-0.4, -0.2) is 38.8 Å². The number of likely N-dealkylation sites (N-methyl/N-ethyl adjacent to an activating group) is 1. The van der Waals surface area contributed by atoms with E-state index < -0.39 is 23.9 Å². The lowest BCUT2D eigenvalue weighted by atomic mass is 9.82. The van der Waals surface area contributed by atoms with Crippen molar-refractivity contribution in [1.29, 1.82) is 0 Å². The van der Waals surface area contributed by atoms with Gasteiger partial charge in [0.2, 0.25) is 0 Å². The Morgan fingerprint density at radius 1 is 1.10 bits per heavy atom. The lowest BCUT2D eigenvalue weighted by Crippen LogP contribution is -2.41. The summed E-state index contributed by atoms with van der Waals surface area (Å²) < 4.78 is 27.9. The fourth-order valence-corrected chi connectivity index (χ4v) is 3.45. The van der Waals surface area contributed by atoms with E-state index in [1.165, 1.54) is 61.0 Å². The maximum absolute atomic E-state index is 14.7. The smallest absolute Gasteiger partial charge is 0.266 e. The van der Waals surface area contributed by atoms with Crippen molar-refractivity contribution in [3.05, 3.63) is 77.4 Å². The van der Waals surface area contributed by atoms with Crippen LogP contribution in [0, 0.1) is 12.7 Å². The Balaban J connectivity index is 1.96. The SMILES string of the molecule is Cc1ncc(-c2cc(C3(c4cncc(CF)c4)N=C(N)N(C)C3=O)ccc2F)cn1. The molecule has 0 spiro atoms. The van der Waals surface area contributed by atoms with Crippen LogP contribution in [0.3, 0.4) is 0 Å². The molecule has 0 saturated carbocycles. The van der Waals surface area contributed by atoms with Crippen LogP contribution >= 0.6 is 0 Å². The highest BCUT2D eigenvalue weighted by atomic mass is 19.1. The minimum absolute atomic E-state index is 0.00445. The van der Waals surface area contributed by atoms with Gasteiger partial charge in [0.25, 0.3) is 5.91 Å². The van der Waals surface area contributed by atoms with Crippen LogP contribution in [0.1, 0.15) is 22.5 Å². The van der Waals surface area contributed by atoms with Crippen LogP contribution in [0.25, 0.3) is 11.1 Å². The second-order valence-electron chi connectivity index (χ2n) is 6.97. The van der Waals surface area contributed by atoms with Crippen LogP contribution in [0.4, 0.5) is 8.78 Å². The molecule has 4 rings (SSSR count). The fraction of sp³-hybridized carbons (Fsp3) is 0.190. The first-order chi connectivity index (χ1) is 14.4. The number of guanidine groups is 1. The monoisotopic (exact) mass is 408 g/mol. The first-order valence-corrected chi connectivity index (χ1v) is 9.09. The Labute approximate surface area is 171 Å². The summed E-state index contributed by atoms with van der Waals surface area (Å²) in [6, 6.07) is 5.73. The van der Waals surface area contributed by atoms with Crippen molar-refractivity contribution < 1.29 is 13.6 Å². The van der Waals surface area contributed by atoms with Crippen molar-refractivity contribution in [2.24, 2.45) is 10.7 Å². The zero-order valence-electron chi connectivity index (χ0n) is 16.3. The normalized spacial score (nSPS) is 18.6. The molecule has 0 bridgehead atoms. The summed E-state index contributed by atoms with van der Waals surface area (Å²) in [5, 5.41) is 0. The van der Waals surface area contributed by atoms with Gasteiger partial charge < -0.3 is 5.73 Å². The topological polar surface area (TPSA) is 97.4 Å². The summed E-state index contributed by atoms with van der Waals surface area (Å²) in [4.78, 5) is 31.2. The van der Waals surface area contributed by atoms with E-state index in [2.05, 4.69) is 19.9 Å². The molecule has 30 heavy (non-hydrogen) atoms. The van der Waals surface area contributed by atoms with Gasteiger partial charge in [-0.1, -0.05) is 6.07 Å². The average Bonchev–Trinajstić information content (AvgIpc) is 2.99. The Hall–Kier alpha value is -3.75. The molecule has 1 aliphatic rings. The van der Waals surface area contributed by atoms with E-state index >= 15 is 0 Å². The lowest BCUT2D eigenvalue weighted by Gasteiger charge is -2.26. The Morgan fingerprint density at radius 2 is 1.83 bits per heavy atom. The molecule has 152 valence electrons. The number of nitrogens with zero attached hydrogens (tertiary/aromatic N) is 5. The molecule has 1 amide bonds. The minimum atomic E-state index is -1.61. The molecule has 0 fully saturated rings. The molecule has 3 heterocycles. The van der Waals surface area contributed by atoms with E-state index in [0.717, 1.165) is 0 Å². The zero-order valence-corrected chi connectivity index (χ0v) is 16.3. The van der Waals surface area contributed by atoms with Gasteiger partial charge in [-0.2, -0.15) is 0 Å². The highest BCUT2D eigenvalue weighted by Gasteiger charge is 2.50. The van der Waals surface area contributed by atoms with Gasteiger partial charge in [0, 0.05) is 54.1 Å². The van der Waals surface area contributed by atoms with Gasteiger partial charge in [0.15, 0.2) is 11.5 Å². The largest absolute Gasteiger partial charge is 0.369 e. The number of aliphatic imine (C=N–C) groups is 1. The first-order valence-electron chi connectivity index (χ1n) is 9.09. The number of alkyl halides is 1. The number of halogens is 2. The van der Waals surface area contributed by atoms with Gasteiger partial charge >= 0.3 is 0 Å². The third-order valence-corrected chi connectivity index (χ3v) is 5.08. The van der Waals surface area contributed by atoms with Gasteiger partial charge in [-0.15, -0.1) is 0 Å². The number of carbonyl (C=O) groups excluding carboxylic acids is 1. The van der Waals surface area contributed by atoms with E-state index in [-0.39, 0.29) is 17.1 Å². The molecular weight excluding hydrogens is 390 g/mol. The highest BCUT2D eigenvalue weighted by Crippen LogP contribution is 2.41. The van der Waals surface area contributed by atoms with Crippen molar-refractivity contribution in [2.45, 2.75) is 19.1 Å². The number of aryl methyl sites for hydroxylation is 1. The predicted molar refractivity (Wildman–Crippen MR) is 106 cm³/mol. The van der Waals surface area contributed by atoms with Crippen molar-refractivity contribution in [3.63, 3.8) is 0 Å². The molecule has 9 heteroatoms. The zero-order chi connectivity index (χ0) is 21.5. The molecule has 0 saturated heterocycles. The first kappa shape index (κ1) is 19.6. The standard InChI is InChI=1S/C21H18F2N6O/c1-12-26-9-14(10-27-12)17-6-15(3-4-18(17)23)21(19(30)29(2)20(24)28-21)16-5-13(7-22)8-25-11-16/h3-6,8-11H,7H2,1-2H3,(H2,24,28). The molecule has 3 aromatic rings.